The minimum Gasteiger partial charge on any atom is -0.510 e. The van der Waals surface area contributed by atoms with Gasteiger partial charge in [-0.25, -0.2) is 0 Å². The van der Waals surface area contributed by atoms with Gasteiger partial charge in [0.1, 0.15) is 52.7 Å². The number of primary amides is 1. The first kappa shape index (κ1) is 52.6. The number of aliphatic hydroxyl groups excluding tert-OH is 7. The molecule has 1 aromatic carbocycles. The molecule has 2 heterocycles. The molecule has 5 aliphatic rings. The number of likely N-dealkylation sites (N-methyl/N-ethyl adjacent to an activating group) is 2. The Hall–Kier alpha value is -3.75. The van der Waals surface area contributed by atoms with Crippen LogP contribution in [0.3, 0.4) is 0 Å². The van der Waals surface area contributed by atoms with Gasteiger partial charge >= 0.3 is 0 Å². The van der Waals surface area contributed by atoms with Gasteiger partial charge < -0.3 is 77.8 Å². The fourth-order valence-corrected chi connectivity index (χ4v) is 10.4. The van der Waals surface area contributed by atoms with Crippen molar-refractivity contribution in [1.29, 1.82) is 0 Å². The second-order valence-corrected chi connectivity index (χ2v) is 17.8. The molecule has 2 aliphatic heterocycles. The van der Waals surface area contributed by atoms with E-state index in [1.165, 1.54) is 62.8 Å². The number of thioether (sulfide) groups is 1. The van der Waals surface area contributed by atoms with Crippen molar-refractivity contribution < 1.29 is 85.9 Å². The second-order valence-electron chi connectivity index (χ2n) is 16.9. The average molecular weight is 903 g/mol. The number of benzene rings is 1. The number of Topliss-reactive ketones (excluding diaryl/α,β-unsaturated/α-hetero) is 2. The van der Waals surface area contributed by atoms with Crippen LogP contribution in [0.1, 0.15) is 56.0 Å². The van der Waals surface area contributed by atoms with Crippen LogP contribution in [0, 0.1) is 17.8 Å². The van der Waals surface area contributed by atoms with Gasteiger partial charge in [0, 0.05) is 6.54 Å². The van der Waals surface area contributed by atoms with Crippen LogP contribution in [0.2, 0.25) is 0 Å². The molecule has 0 saturated carbocycles. The van der Waals surface area contributed by atoms with Gasteiger partial charge in [0.15, 0.2) is 11.4 Å². The molecule has 22 heteroatoms. The fourth-order valence-electron chi connectivity index (χ4n) is 9.74. The monoisotopic (exact) mass is 902 g/mol. The number of aliphatic hydroxyl groups is 9. The molecular weight excluding hydrogens is 841 g/mol. The van der Waals surface area contributed by atoms with E-state index in [0.29, 0.717) is 5.92 Å². The molecule has 3 aliphatic carbocycles. The standard InChI is InChI=1S/C22H24N2O9.C18H34N2O6S.2H2O/c1-21(32)7-5-4-6-8(25)9(7)15(26)10-12(21)17(28)13-14(24(2)3)16(27)11(20(23)31)19(30)22(13,33)18(10)29;1-5-6-10-7-11(20(3)8-10)17(25)19-12(9(2)21)16-14(23)13(22)15(24)18(26-16)27-4;;/h4-6,12-14,17,25,27-29,32-33H,1-3H3,(H2,23,31);9-16,18,21-24H,5-8H2,1-4H3,(H,19,25);2*1H2/t12-,13-,14+,17+,21-,22+;9-,10-,11+,12-,13+,14-,15-,16-,18-;;/m11../s1. The number of nitrogens with two attached hydrogens (primary N) is 1. The Bertz CT molecular complexity index is 1930. The zero-order valence-electron chi connectivity index (χ0n) is 35.5. The Morgan fingerprint density at radius 2 is 1.66 bits per heavy atom. The topological polar surface area (TPSA) is 387 Å². The second kappa shape index (κ2) is 19.6. The number of fused-ring (bicyclic) bond motifs is 3. The molecule has 0 unspecified atom stereocenters. The van der Waals surface area contributed by atoms with Crippen molar-refractivity contribution in [2.24, 2.45) is 23.5 Å². The number of hydrogen-bond donors (Lipinski definition) is 12. The number of aromatic hydroxyl groups is 1. The maximum atomic E-state index is 13.3. The molecule has 0 bridgehead atoms. The third-order valence-corrected chi connectivity index (χ3v) is 13.5. The Labute approximate surface area is 362 Å². The SMILES string of the molecule is CCC[C@@H]1C[C@@H](C(=O)N[C@@H]([C@H]2O[C@H](SC)[C@H](O)[C@@H](O)[C@H]2O)[C@@H](C)O)N(C)C1.CN(C)[C@@H]1C(O)=C(C(N)=O)C(=O)[C@@]2(O)C(O)=C3C(=O)c4c(O)cccc4[C@@](C)(O)[C@H]3[C@H](O)[C@@H]12.O.O. The highest BCUT2D eigenvalue weighted by atomic mass is 32.2. The maximum absolute atomic E-state index is 13.3. The summed E-state index contributed by atoms with van der Waals surface area (Å²) in [6, 6.07) is 1.34. The summed E-state index contributed by atoms with van der Waals surface area (Å²) in [5.74, 6) is -9.42. The van der Waals surface area contributed by atoms with Gasteiger partial charge in [0.2, 0.25) is 11.7 Å². The van der Waals surface area contributed by atoms with Gasteiger partial charge in [-0.15, -0.1) is 11.8 Å². The van der Waals surface area contributed by atoms with Crippen LogP contribution in [0.15, 0.2) is 40.9 Å². The van der Waals surface area contributed by atoms with Crippen molar-refractivity contribution in [3.8, 4) is 5.75 Å². The number of ether oxygens (including phenoxy) is 1. The molecule has 0 radical (unpaired) electrons. The van der Waals surface area contributed by atoms with Crippen LogP contribution in [-0.2, 0) is 24.7 Å². The normalized spacial score (nSPS) is 36.5. The molecule has 2 saturated heterocycles. The van der Waals surface area contributed by atoms with Crippen LogP contribution in [0.5, 0.6) is 5.75 Å². The molecule has 1 aromatic rings. The van der Waals surface area contributed by atoms with Gasteiger partial charge in [-0.05, 0) is 71.6 Å². The zero-order valence-corrected chi connectivity index (χ0v) is 36.3. The van der Waals surface area contributed by atoms with E-state index >= 15 is 0 Å². The highest BCUT2D eigenvalue weighted by Crippen LogP contribution is 2.56. The number of rotatable bonds is 9. The van der Waals surface area contributed by atoms with E-state index in [1.54, 1.807) is 6.26 Å². The van der Waals surface area contributed by atoms with E-state index in [-0.39, 0.29) is 34.0 Å². The first-order chi connectivity index (χ1) is 27.9. The van der Waals surface area contributed by atoms with Crippen LogP contribution >= 0.6 is 11.8 Å². The lowest BCUT2D eigenvalue weighted by molar-refractivity contribution is -0.211. The van der Waals surface area contributed by atoms with Crippen molar-refractivity contribution in [1.82, 2.24) is 15.1 Å². The zero-order chi connectivity index (χ0) is 45.1. The summed E-state index contributed by atoms with van der Waals surface area (Å²) in [6.45, 7) is 5.74. The number of nitrogens with zero attached hydrogens (tertiary/aromatic N) is 2. The lowest BCUT2D eigenvalue weighted by Gasteiger charge is -2.55. The first-order valence-corrected chi connectivity index (χ1v) is 21.0. The third-order valence-electron chi connectivity index (χ3n) is 12.7. The Morgan fingerprint density at radius 1 is 1.05 bits per heavy atom. The van der Waals surface area contributed by atoms with E-state index in [0.717, 1.165) is 25.8 Å². The molecule has 6 rings (SSSR count). The number of hydrogen-bond acceptors (Lipinski definition) is 18. The lowest BCUT2D eigenvalue weighted by atomic mass is 9.54. The molecule has 17 N–H and O–H groups in total. The van der Waals surface area contributed by atoms with Crippen molar-refractivity contribution >= 4 is 35.1 Å². The van der Waals surface area contributed by atoms with Crippen molar-refractivity contribution in [2.75, 3.05) is 33.9 Å². The number of phenolic OH excluding ortho intramolecular Hbond substituents is 1. The minimum absolute atomic E-state index is 0. The molecule has 2 fully saturated rings. The van der Waals surface area contributed by atoms with Gasteiger partial charge in [-0.2, -0.15) is 0 Å². The molecule has 15 atom stereocenters. The fraction of sp³-hybridized carbons (Fsp3) is 0.650. The van der Waals surface area contributed by atoms with E-state index in [9.17, 15) is 70.2 Å². The van der Waals surface area contributed by atoms with Gasteiger partial charge in [0.05, 0.1) is 58.9 Å². The summed E-state index contributed by atoms with van der Waals surface area (Å²) in [4.78, 5) is 54.7. The summed E-state index contributed by atoms with van der Waals surface area (Å²) in [5.41, 5.74) is -2.64. The predicted octanol–water partition coefficient (Wildman–Crippen LogP) is -3.75. The summed E-state index contributed by atoms with van der Waals surface area (Å²) in [5, 5.41) is 110. The van der Waals surface area contributed by atoms with Gasteiger partial charge in [-0.3, -0.25) is 29.0 Å². The smallest absolute Gasteiger partial charge is 0.255 e. The molecule has 350 valence electrons. The highest BCUT2D eigenvalue weighted by molar-refractivity contribution is 7.99. The van der Waals surface area contributed by atoms with Crippen LogP contribution in [-0.4, -0.2) is 195 Å². The number of phenols is 1. The lowest BCUT2D eigenvalue weighted by Crippen LogP contribution is -2.70. The summed E-state index contributed by atoms with van der Waals surface area (Å²) >= 11 is 1.20. The van der Waals surface area contributed by atoms with E-state index in [2.05, 4.69) is 12.2 Å². The van der Waals surface area contributed by atoms with Crippen molar-refractivity contribution in [3.63, 3.8) is 0 Å². The number of amides is 2. The van der Waals surface area contributed by atoms with Gasteiger partial charge in [0.25, 0.3) is 5.91 Å². The quantitative estimate of drug-likeness (QED) is 0.106. The molecular formula is C40H62N4O17S. The number of ketones is 2. The largest absolute Gasteiger partial charge is 0.510 e. The Balaban J connectivity index is 0.000000327. The molecule has 21 nitrogen and oxygen atoms in total. The average Bonchev–Trinajstić information content (AvgIpc) is 3.54. The third kappa shape index (κ3) is 8.61. The van der Waals surface area contributed by atoms with Crippen molar-refractivity contribution in [3.05, 3.63) is 52.0 Å². The number of carbonyl (C=O) groups excluding carboxylic acids is 4. The van der Waals surface area contributed by atoms with Crippen LogP contribution < -0.4 is 11.1 Å². The van der Waals surface area contributed by atoms with E-state index < -0.39 is 123 Å². The minimum atomic E-state index is -3.02. The maximum Gasteiger partial charge on any atom is 0.255 e. The van der Waals surface area contributed by atoms with E-state index in [1.807, 2.05) is 11.9 Å². The Morgan fingerprint density at radius 3 is 2.19 bits per heavy atom. The Kier molecular flexibility index (Phi) is 16.6. The summed E-state index contributed by atoms with van der Waals surface area (Å²) in [6.07, 6.45) is -3.37. The van der Waals surface area contributed by atoms with Crippen molar-refractivity contribution in [2.45, 2.75) is 111 Å². The number of carbonyl (C=O) groups is 4. The summed E-state index contributed by atoms with van der Waals surface area (Å²) < 4.78 is 5.72. The molecule has 0 spiro atoms. The number of likely N-dealkylation sites (tertiary alicyclic amines) is 1. The highest BCUT2D eigenvalue weighted by Gasteiger charge is 2.69. The number of nitrogens with one attached hydrogen (secondary N) is 1. The first-order valence-electron chi connectivity index (χ1n) is 19.7. The summed E-state index contributed by atoms with van der Waals surface area (Å²) in [7, 11) is 4.76. The van der Waals surface area contributed by atoms with Crippen LogP contribution in [0.25, 0.3) is 0 Å². The van der Waals surface area contributed by atoms with Gasteiger partial charge in [-0.1, -0.05) is 25.5 Å². The molecule has 62 heavy (non-hydrogen) atoms. The molecule has 2 amide bonds. The van der Waals surface area contributed by atoms with Crippen LogP contribution in [0.4, 0.5) is 0 Å². The molecule has 0 aromatic heterocycles. The predicted molar refractivity (Wildman–Crippen MR) is 221 cm³/mol. The van der Waals surface area contributed by atoms with E-state index in [4.69, 9.17) is 10.5 Å².